The first kappa shape index (κ1) is 18.5. The Bertz CT molecular complexity index is 861. The average Bonchev–Trinajstić information content (AvgIpc) is 3.37. The lowest BCUT2D eigenvalue weighted by Crippen LogP contribution is -2.27. The molecule has 2 aliphatic rings. The summed E-state index contributed by atoms with van der Waals surface area (Å²) in [5.41, 5.74) is 1.72. The number of nitrogens with zero attached hydrogens (tertiary/aromatic N) is 1. The third kappa shape index (κ3) is 4.71. The molecule has 0 spiro atoms. The first-order valence-electron chi connectivity index (χ1n) is 9.39. The first-order valence-corrected chi connectivity index (χ1v) is 11.2. The lowest BCUT2D eigenvalue weighted by molar-refractivity contribution is -0.118. The van der Waals surface area contributed by atoms with E-state index in [0.717, 1.165) is 42.7 Å². The van der Waals surface area contributed by atoms with E-state index < -0.39 is 0 Å². The Morgan fingerprint density at radius 1 is 1.26 bits per heavy atom. The number of carbonyl (C=O) groups excluding carboxylic acids is 2. The number of aryl methyl sites for hydroxylation is 1. The summed E-state index contributed by atoms with van der Waals surface area (Å²) in [6.07, 6.45) is 5.35. The molecule has 27 heavy (non-hydrogen) atoms. The van der Waals surface area contributed by atoms with Gasteiger partial charge in [0.2, 0.25) is 5.91 Å². The second-order valence-corrected chi connectivity index (χ2v) is 9.42. The monoisotopic (exact) mass is 401 g/mol. The number of rotatable bonds is 6. The highest BCUT2D eigenvalue weighted by Crippen LogP contribution is 2.32. The van der Waals surface area contributed by atoms with Gasteiger partial charge in [0.15, 0.2) is 5.13 Å². The molecule has 2 amide bonds. The van der Waals surface area contributed by atoms with Gasteiger partial charge in [-0.1, -0.05) is 19.1 Å². The maximum atomic E-state index is 12.8. The fourth-order valence-corrected chi connectivity index (χ4v) is 5.21. The summed E-state index contributed by atoms with van der Waals surface area (Å²) < 4.78 is 0. The standard InChI is InChI=1S/C20H23N3O2S2/c1-12-6-9-15-17(10-12)27-20(22-15)23-19(25)14-4-2-3-5-16(14)26-11-18(24)21-13-7-8-13/h2-5,12-13H,6-11H2,1H3,(H,21,24)(H,22,23,25)/t12-/m0/s1. The quantitative estimate of drug-likeness (QED) is 0.721. The van der Waals surface area contributed by atoms with Gasteiger partial charge in [0.1, 0.15) is 0 Å². The van der Waals surface area contributed by atoms with Gasteiger partial charge in [-0.05, 0) is 50.2 Å². The van der Waals surface area contributed by atoms with E-state index in [4.69, 9.17) is 0 Å². The van der Waals surface area contributed by atoms with Gasteiger partial charge in [-0.15, -0.1) is 23.1 Å². The molecule has 2 N–H and O–H groups in total. The van der Waals surface area contributed by atoms with Gasteiger partial charge in [-0.2, -0.15) is 0 Å². The molecule has 1 aromatic carbocycles. The number of thiazole rings is 1. The summed E-state index contributed by atoms with van der Waals surface area (Å²) in [4.78, 5) is 31.4. The second-order valence-electron chi connectivity index (χ2n) is 7.32. The third-order valence-corrected chi connectivity index (χ3v) is 6.95. The van der Waals surface area contributed by atoms with Crippen LogP contribution in [0.1, 0.15) is 47.1 Å². The minimum absolute atomic E-state index is 0.0272. The smallest absolute Gasteiger partial charge is 0.258 e. The average molecular weight is 402 g/mol. The minimum atomic E-state index is -0.167. The molecule has 142 valence electrons. The minimum Gasteiger partial charge on any atom is -0.353 e. The van der Waals surface area contributed by atoms with Crippen LogP contribution in [-0.2, 0) is 17.6 Å². The summed E-state index contributed by atoms with van der Waals surface area (Å²) in [7, 11) is 0. The Morgan fingerprint density at radius 2 is 2.07 bits per heavy atom. The highest BCUT2D eigenvalue weighted by atomic mass is 32.2. The fourth-order valence-electron chi connectivity index (χ4n) is 3.18. The maximum Gasteiger partial charge on any atom is 0.258 e. The summed E-state index contributed by atoms with van der Waals surface area (Å²) in [6.45, 7) is 2.26. The molecule has 0 saturated heterocycles. The summed E-state index contributed by atoms with van der Waals surface area (Å²) >= 11 is 2.99. The van der Waals surface area contributed by atoms with Crippen LogP contribution < -0.4 is 10.6 Å². The van der Waals surface area contributed by atoms with Crippen molar-refractivity contribution in [3.8, 4) is 0 Å². The van der Waals surface area contributed by atoms with Crippen molar-refractivity contribution in [1.82, 2.24) is 10.3 Å². The van der Waals surface area contributed by atoms with Crippen LogP contribution in [0.3, 0.4) is 0 Å². The molecule has 1 heterocycles. The molecule has 1 atom stereocenters. The highest BCUT2D eigenvalue weighted by Gasteiger charge is 2.24. The Labute approximate surface area is 167 Å². The van der Waals surface area contributed by atoms with E-state index in [9.17, 15) is 9.59 Å². The van der Waals surface area contributed by atoms with Crippen molar-refractivity contribution in [3.05, 3.63) is 40.4 Å². The van der Waals surface area contributed by atoms with E-state index in [2.05, 4.69) is 22.5 Å². The van der Waals surface area contributed by atoms with Crippen LogP contribution in [0.5, 0.6) is 0 Å². The topological polar surface area (TPSA) is 71.1 Å². The number of benzene rings is 1. The summed E-state index contributed by atoms with van der Waals surface area (Å²) in [5.74, 6) is 0.865. The lowest BCUT2D eigenvalue weighted by atomic mass is 9.93. The fraction of sp³-hybridized carbons (Fsp3) is 0.450. The molecule has 0 radical (unpaired) electrons. The third-order valence-electron chi connectivity index (χ3n) is 4.84. The Balaban J connectivity index is 1.41. The Kier molecular flexibility index (Phi) is 5.50. The van der Waals surface area contributed by atoms with Crippen molar-refractivity contribution < 1.29 is 9.59 Å². The van der Waals surface area contributed by atoms with Crippen molar-refractivity contribution in [2.24, 2.45) is 5.92 Å². The zero-order chi connectivity index (χ0) is 18.8. The van der Waals surface area contributed by atoms with Crippen LogP contribution >= 0.6 is 23.1 Å². The van der Waals surface area contributed by atoms with Crippen molar-refractivity contribution in [2.75, 3.05) is 11.1 Å². The number of hydrogen-bond donors (Lipinski definition) is 2. The largest absolute Gasteiger partial charge is 0.353 e. The molecule has 0 unspecified atom stereocenters. The lowest BCUT2D eigenvalue weighted by Gasteiger charge is -2.15. The van der Waals surface area contributed by atoms with Crippen molar-refractivity contribution >= 4 is 40.0 Å². The Morgan fingerprint density at radius 3 is 2.89 bits per heavy atom. The number of amides is 2. The number of anilines is 1. The summed E-state index contributed by atoms with van der Waals surface area (Å²) in [6, 6.07) is 7.78. The molecular weight excluding hydrogens is 378 g/mol. The predicted octanol–water partition coefficient (Wildman–Crippen LogP) is 3.89. The number of aromatic nitrogens is 1. The zero-order valence-corrected chi connectivity index (χ0v) is 16.9. The molecule has 1 fully saturated rings. The molecule has 0 bridgehead atoms. The van der Waals surface area contributed by atoms with E-state index in [-0.39, 0.29) is 11.8 Å². The van der Waals surface area contributed by atoms with E-state index in [1.54, 1.807) is 17.4 Å². The van der Waals surface area contributed by atoms with Gasteiger partial charge in [-0.3, -0.25) is 14.9 Å². The van der Waals surface area contributed by atoms with Gasteiger partial charge in [0, 0.05) is 15.8 Å². The molecule has 5 nitrogen and oxygen atoms in total. The summed E-state index contributed by atoms with van der Waals surface area (Å²) in [5, 5.41) is 6.60. The van der Waals surface area contributed by atoms with Crippen LogP contribution in [0.2, 0.25) is 0 Å². The van der Waals surface area contributed by atoms with Gasteiger partial charge in [0.25, 0.3) is 5.91 Å². The number of thioether (sulfide) groups is 1. The van der Waals surface area contributed by atoms with E-state index in [1.165, 1.54) is 16.6 Å². The molecule has 1 aromatic heterocycles. The highest BCUT2D eigenvalue weighted by molar-refractivity contribution is 8.00. The predicted molar refractivity (Wildman–Crippen MR) is 110 cm³/mol. The second kappa shape index (κ2) is 8.02. The molecule has 4 rings (SSSR count). The first-order chi connectivity index (χ1) is 13.1. The molecule has 7 heteroatoms. The van der Waals surface area contributed by atoms with Crippen molar-refractivity contribution in [3.63, 3.8) is 0 Å². The van der Waals surface area contributed by atoms with Crippen LogP contribution in [0.25, 0.3) is 0 Å². The SMILES string of the molecule is C[C@H]1CCc2nc(NC(=O)c3ccccc3SCC(=O)NC3CC3)sc2C1. The molecule has 1 saturated carbocycles. The zero-order valence-electron chi connectivity index (χ0n) is 15.3. The molecule has 0 aliphatic heterocycles. The van der Waals surface area contributed by atoms with Crippen molar-refractivity contribution in [1.29, 1.82) is 0 Å². The van der Waals surface area contributed by atoms with Crippen molar-refractivity contribution in [2.45, 2.75) is 50.0 Å². The number of hydrogen-bond acceptors (Lipinski definition) is 5. The van der Waals surface area contributed by atoms with E-state index in [1.807, 2.05) is 18.2 Å². The normalized spacial score (nSPS) is 18.6. The van der Waals surface area contributed by atoms with Crippen LogP contribution in [0.4, 0.5) is 5.13 Å². The molecular formula is C20H23N3O2S2. The van der Waals surface area contributed by atoms with Gasteiger partial charge >= 0.3 is 0 Å². The molecule has 2 aliphatic carbocycles. The number of nitrogens with one attached hydrogen (secondary N) is 2. The van der Waals surface area contributed by atoms with E-state index in [0.29, 0.717) is 28.4 Å². The van der Waals surface area contributed by atoms with Crippen LogP contribution in [0.15, 0.2) is 29.2 Å². The number of fused-ring (bicyclic) bond motifs is 1. The van der Waals surface area contributed by atoms with Crippen LogP contribution in [-0.4, -0.2) is 28.6 Å². The van der Waals surface area contributed by atoms with Gasteiger partial charge in [-0.25, -0.2) is 4.98 Å². The van der Waals surface area contributed by atoms with Gasteiger partial charge < -0.3 is 5.32 Å². The van der Waals surface area contributed by atoms with E-state index >= 15 is 0 Å². The number of carbonyl (C=O) groups is 2. The van der Waals surface area contributed by atoms with Gasteiger partial charge in [0.05, 0.1) is 17.0 Å². The van der Waals surface area contributed by atoms with Crippen LogP contribution in [0, 0.1) is 5.92 Å². The Hall–Kier alpha value is -1.86. The molecule has 2 aromatic rings. The maximum absolute atomic E-state index is 12.8.